The minimum Gasteiger partial charge on any atom is -0.438 e. The molecule has 1 amide bonds. The van der Waals surface area contributed by atoms with Gasteiger partial charge in [0.2, 0.25) is 5.88 Å². The van der Waals surface area contributed by atoms with E-state index < -0.39 is 5.91 Å². The number of hydrogen-bond donors (Lipinski definition) is 2. The van der Waals surface area contributed by atoms with E-state index in [1.54, 1.807) is 38.2 Å². The van der Waals surface area contributed by atoms with Gasteiger partial charge in [-0.3, -0.25) is 4.79 Å². The Hall–Kier alpha value is -2.34. The predicted octanol–water partition coefficient (Wildman–Crippen LogP) is 1.11. The molecule has 0 unspecified atom stereocenters. The summed E-state index contributed by atoms with van der Waals surface area (Å²) >= 11 is 0. The molecule has 0 aliphatic carbocycles. The zero-order chi connectivity index (χ0) is 14.0. The second kappa shape index (κ2) is 5.11. The molecule has 6 nitrogen and oxygen atoms in total. The molecule has 6 heteroatoms. The average molecular weight is 261 g/mol. The summed E-state index contributed by atoms with van der Waals surface area (Å²) in [5, 5.41) is 13.4. The number of aromatic nitrogens is 2. The first-order chi connectivity index (χ1) is 9.04. The SMILES string of the molecule is Cc1nn(C)c(Oc2ccccc2CO)c1C(N)=O. The number of carbonyl (C=O) groups is 1. The van der Waals surface area contributed by atoms with Crippen LogP contribution in [0, 0.1) is 6.92 Å². The van der Waals surface area contributed by atoms with E-state index in [1.807, 2.05) is 0 Å². The first-order valence-electron chi connectivity index (χ1n) is 5.74. The lowest BCUT2D eigenvalue weighted by Crippen LogP contribution is -2.13. The van der Waals surface area contributed by atoms with E-state index in [0.29, 0.717) is 17.0 Å². The van der Waals surface area contributed by atoms with E-state index in [4.69, 9.17) is 10.5 Å². The Morgan fingerprint density at radius 1 is 1.47 bits per heavy atom. The molecule has 0 saturated carbocycles. The number of aliphatic hydroxyl groups is 1. The standard InChI is InChI=1S/C13H15N3O3/c1-8-11(12(14)18)13(16(2)15-8)19-10-6-4-3-5-9(10)7-17/h3-6,17H,7H2,1-2H3,(H2,14,18). The van der Waals surface area contributed by atoms with Gasteiger partial charge in [-0.25, -0.2) is 4.68 Å². The molecule has 2 rings (SSSR count). The fourth-order valence-corrected chi connectivity index (χ4v) is 1.88. The highest BCUT2D eigenvalue weighted by atomic mass is 16.5. The zero-order valence-corrected chi connectivity index (χ0v) is 10.8. The molecule has 0 spiro atoms. The third kappa shape index (κ3) is 2.43. The minimum atomic E-state index is -0.595. The van der Waals surface area contributed by atoms with Crippen LogP contribution in [0.4, 0.5) is 0 Å². The molecule has 19 heavy (non-hydrogen) atoms. The quantitative estimate of drug-likeness (QED) is 0.862. The second-order valence-corrected chi connectivity index (χ2v) is 4.12. The summed E-state index contributed by atoms with van der Waals surface area (Å²) in [7, 11) is 1.66. The van der Waals surface area contributed by atoms with Gasteiger partial charge in [0.15, 0.2) is 0 Å². The van der Waals surface area contributed by atoms with Crippen molar-refractivity contribution in [1.82, 2.24) is 9.78 Å². The van der Waals surface area contributed by atoms with Crippen molar-refractivity contribution in [2.75, 3.05) is 0 Å². The van der Waals surface area contributed by atoms with Gasteiger partial charge in [-0.15, -0.1) is 0 Å². The molecule has 0 bridgehead atoms. The van der Waals surface area contributed by atoms with Crippen LogP contribution in [0.2, 0.25) is 0 Å². The molecule has 3 N–H and O–H groups in total. The van der Waals surface area contributed by atoms with Gasteiger partial charge in [-0.05, 0) is 13.0 Å². The number of carbonyl (C=O) groups excluding carboxylic acids is 1. The monoisotopic (exact) mass is 261 g/mol. The Balaban J connectivity index is 2.46. The second-order valence-electron chi connectivity index (χ2n) is 4.12. The number of aliphatic hydroxyl groups excluding tert-OH is 1. The van der Waals surface area contributed by atoms with Crippen molar-refractivity contribution in [3.63, 3.8) is 0 Å². The molecule has 0 saturated heterocycles. The predicted molar refractivity (Wildman–Crippen MR) is 68.9 cm³/mol. The van der Waals surface area contributed by atoms with Gasteiger partial charge in [0, 0.05) is 12.6 Å². The van der Waals surface area contributed by atoms with Crippen LogP contribution < -0.4 is 10.5 Å². The molecule has 2 aromatic rings. The third-order valence-corrected chi connectivity index (χ3v) is 2.77. The van der Waals surface area contributed by atoms with Gasteiger partial charge in [-0.2, -0.15) is 5.10 Å². The zero-order valence-electron chi connectivity index (χ0n) is 10.8. The maximum absolute atomic E-state index is 11.4. The summed E-state index contributed by atoms with van der Waals surface area (Å²) in [6.45, 7) is 1.53. The topological polar surface area (TPSA) is 90.4 Å². The number of benzene rings is 1. The van der Waals surface area contributed by atoms with Crippen molar-refractivity contribution < 1.29 is 14.6 Å². The van der Waals surface area contributed by atoms with Crippen molar-refractivity contribution in [2.45, 2.75) is 13.5 Å². The summed E-state index contributed by atoms with van der Waals surface area (Å²) in [5.41, 5.74) is 6.70. The van der Waals surface area contributed by atoms with Gasteiger partial charge in [-0.1, -0.05) is 18.2 Å². The highest BCUT2D eigenvalue weighted by Gasteiger charge is 2.20. The van der Waals surface area contributed by atoms with E-state index in [1.165, 1.54) is 4.68 Å². The first kappa shape index (κ1) is 13.1. The van der Waals surface area contributed by atoms with E-state index in [9.17, 15) is 9.90 Å². The van der Waals surface area contributed by atoms with E-state index >= 15 is 0 Å². The summed E-state index contributed by atoms with van der Waals surface area (Å²) in [6.07, 6.45) is 0. The van der Waals surface area contributed by atoms with E-state index in [-0.39, 0.29) is 18.1 Å². The number of amides is 1. The maximum Gasteiger partial charge on any atom is 0.256 e. The molecular formula is C13H15N3O3. The number of rotatable bonds is 4. The number of aryl methyl sites for hydroxylation is 2. The Kier molecular flexibility index (Phi) is 3.52. The molecule has 0 fully saturated rings. The number of ether oxygens (including phenoxy) is 1. The summed E-state index contributed by atoms with van der Waals surface area (Å²) in [5.74, 6) is 0.142. The van der Waals surface area contributed by atoms with E-state index in [2.05, 4.69) is 5.10 Å². The molecule has 1 aromatic heterocycles. The Bertz CT molecular complexity index is 620. The number of nitrogens with zero attached hydrogens (tertiary/aromatic N) is 2. The van der Waals surface area contributed by atoms with Gasteiger partial charge in [0.25, 0.3) is 5.91 Å². The number of para-hydroxylation sites is 1. The summed E-state index contributed by atoms with van der Waals surface area (Å²) in [6, 6.07) is 7.02. The molecule has 0 aliphatic rings. The number of nitrogens with two attached hydrogens (primary N) is 1. The largest absolute Gasteiger partial charge is 0.438 e. The van der Waals surface area contributed by atoms with Crippen LogP contribution in [0.5, 0.6) is 11.6 Å². The fraction of sp³-hybridized carbons (Fsp3) is 0.231. The lowest BCUT2D eigenvalue weighted by atomic mass is 10.2. The molecular weight excluding hydrogens is 246 g/mol. The highest BCUT2D eigenvalue weighted by Crippen LogP contribution is 2.29. The van der Waals surface area contributed by atoms with Gasteiger partial charge in [0.1, 0.15) is 11.3 Å². The minimum absolute atomic E-state index is 0.154. The van der Waals surface area contributed by atoms with Gasteiger partial charge >= 0.3 is 0 Å². The lowest BCUT2D eigenvalue weighted by molar-refractivity contribution is 0.0997. The Morgan fingerprint density at radius 2 is 2.16 bits per heavy atom. The van der Waals surface area contributed by atoms with Crippen LogP contribution in [-0.4, -0.2) is 20.8 Å². The lowest BCUT2D eigenvalue weighted by Gasteiger charge is -2.10. The van der Waals surface area contributed by atoms with Crippen molar-refractivity contribution >= 4 is 5.91 Å². The van der Waals surface area contributed by atoms with E-state index in [0.717, 1.165) is 0 Å². The maximum atomic E-state index is 11.4. The van der Waals surface area contributed by atoms with Crippen molar-refractivity contribution in [3.8, 4) is 11.6 Å². The van der Waals surface area contributed by atoms with Crippen molar-refractivity contribution in [3.05, 3.63) is 41.1 Å². The van der Waals surface area contributed by atoms with Crippen LogP contribution in [0.3, 0.4) is 0 Å². The number of hydrogen-bond acceptors (Lipinski definition) is 4. The van der Waals surface area contributed by atoms with Gasteiger partial charge < -0.3 is 15.6 Å². The molecule has 0 atom stereocenters. The third-order valence-electron chi connectivity index (χ3n) is 2.77. The van der Waals surface area contributed by atoms with Crippen molar-refractivity contribution in [2.24, 2.45) is 12.8 Å². The Morgan fingerprint density at radius 3 is 2.79 bits per heavy atom. The summed E-state index contributed by atoms with van der Waals surface area (Å²) < 4.78 is 7.13. The highest BCUT2D eigenvalue weighted by molar-refractivity contribution is 5.96. The summed E-state index contributed by atoms with van der Waals surface area (Å²) in [4.78, 5) is 11.4. The smallest absolute Gasteiger partial charge is 0.256 e. The normalized spacial score (nSPS) is 10.5. The molecule has 100 valence electrons. The Labute approximate surface area is 110 Å². The average Bonchev–Trinajstić information content (AvgIpc) is 2.65. The van der Waals surface area contributed by atoms with Crippen LogP contribution in [0.15, 0.2) is 24.3 Å². The van der Waals surface area contributed by atoms with Crippen LogP contribution >= 0.6 is 0 Å². The first-order valence-corrected chi connectivity index (χ1v) is 5.74. The molecule has 1 heterocycles. The van der Waals surface area contributed by atoms with Crippen molar-refractivity contribution in [1.29, 1.82) is 0 Å². The molecule has 0 aliphatic heterocycles. The van der Waals surface area contributed by atoms with Gasteiger partial charge in [0.05, 0.1) is 12.3 Å². The van der Waals surface area contributed by atoms with Crippen LogP contribution in [-0.2, 0) is 13.7 Å². The number of primary amides is 1. The molecule has 1 aromatic carbocycles. The fourth-order valence-electron chi connectivity index (χ4n) is 1.88. The van der Waals surface area contributed by atoms with Crippen LogP contribution in [0.25, 0.3) is 0 Å². The molecule has 0 radical (unpaired) electrons. The van der Waals surface area contributed by atoms with Crippen LogP contribution in [0.1, 0.15) is 21.6 Å².